The SMILES string of the molecule is Cc1ccc(NC(=O)Nc2ncc(CS(=O)(=O)c3nccn3C)s2)c(N2CCCCC2)c1. The highest BCUT2D eigenvalue weighted by Gasteiger charge is 2.22. The minimum absolute atomic E-state index is 0.00256. The van der Waals surface area contributed by atoms with E-state index in [-0.39, 0.29) is 10.9 Å². The Morgan fingerprint density at radius 1 is 1.16 bits per heavy atom. The maximum absolute atomic E-state index is 12.6. The number of nitrogens with one attached hydrogen (secondary N) is 2. The molecule has 9 nitrogen and oxygen atoms in total. The zero-order chi connectivity index (χ0) is 22.7. The number of rotatable bonds is 6. The summed E-state index contributed by atoms with van der Waals surface area (Å²) in [6, 6.07) is 5.55. The molecule has 3 aromatic rings. The lowest BCUT2D eigenvalue weighted by Crippen LogP contribution is -2.31. The van der Waals surface area contributed by atoms with Crippen LogP contribution in [0.4, 0.5) is 21.3 Å². The Morgan fingerprint density at radius 2 is 1.94 bits per heavy atom. The molecule has 1 aromatic carbocycles. The predicted molar refractivity (Wildman–Crippen MR) is 126 cm³/mol. The van der Waals surface area contributed by atoms with Crippen molar-refractivity contribution in [1.29, 1.82) is 0 Å². The lowest BCUT2D eigenvalue weighted by atomic mass is 10.1. The van der Waals surface area contributed by atoms with Crippen LogP contribution in [0.25, 0.3) is 0 Å². The highest BCUT2D eigenvalue weighted by atomic mass is 32.2. The molecule has 2 N–H and O–H groups in total. The summed E-state index contributed by atoms with van der Waals surface area (Å²) in [4.78, 5) is 23.5. The first-order valence-electron chi connectivity index (χ1n) is 10.4. The van der Waals surface area contributed by atoms with Crippen LogP contribution in [0.3, 0.4) is 0 Å². The van der Waals surface area contributed by atoms with Gasteiger partial charge < -0.3 is 14.8 Å². The van der Waals surface area contributed by atoms with Crippen molar-refractivity contribution < 1.29 is 13.2 Å². The molecule has 1 fully saturated rings. The number of amides is 2. The number of hydrogen-bond acceptors (Lipinski definition) is 7. The number of imidazole rings is 1. The topological polar surface area (TPSA) is 109 Å². The van der Waals surface area contributed by atoms with E-state index in [9.17, 15) is 13.2 Å². The quantitative estimate of drug-likeness (QED) is 0.563. The molecular weight excluding hydrogens is 448 g/mol. The van der Waals surface area contributed by atoms with E-state index in [1.165, 1.54) is 23.4 Å². The normalized spacial score (nSPS) is 14.4. The first-order valence-corrected chi connectivity index (χ1v) is 12.9. The first-order chi connectivity index (χ1) is 15.3. The van der Waals surface area contributed by atoms with Gasteiger partial charge in [0.25, 0.3) is 0 Å². The molecule has 1 aliphatic rings. The maximum Gasteiger partial charge on any atom is 0.325 e. The molecule has 0 radical (unpaired) electrons. The van der Waals surface area contributed by atoms with Gasteiger partial charge in [-0.1, -0.05) is 6.07 Å². The van der Waals surface area contributed by atoms with E-state index in [1.54, 1.807) is 13.2 Å². The van der Waals surface area contributed by atoms with Gasteiger partial charge in [0.15, 0.2) is 5.13 Å². The molecule has 2 amide bonds. The van der Waals surface area contributed by atoms with Gasteiger partial charge in [-0.25, -0.2) is 23.2 Å². The van der Waals surface area contributed by atoms with Crippen molar-refractivity contribution in [2.75, 3.05) is 28.6 Å². The van der Waals surface area contributed by atoms with Gasteiger partial charge in [-0.2, -0.15) is 0 Å². The average Bonchev–Trinajstić information content (AvgIpc) is 3.38. The second-order valence-electron chi connectivity index (χ2n) is 7.86. The molecule has 11 heteroatoms. The zero-order valence-corrected chi connectivity index (χ0v) is 19.7. The summed E-state index contributed by atoms with van der Waals surface area (Å²) >= 11 is 1.13. The fourth-order valence-corrected chi connectivity index (χ4v) is 6.33. The molecule has 0 atom stereocenters. The van der Waals surface area contributed by atoms with Crippen LogP contribution in [0, 0.1) is 6.92 Å². The van der Waals surface area contributed by atoms with Gasteiger partial charge in [0.1, 0.15) is 0 Å². The van der Waals surface area contributed by atoms with Crippen molar-refractivity contribution in [3.05, 3.63) is 47.2 Å². The number of piperidine rings is 1. The molecule has 0 spiro atoms. The number of aromatic nitrogens is 3. The number of urea groups is 1. The lowest BCUT2D eigenvalue weighted by Gasteiger charge is -2.30. The number of carbonyl (C=O) groups excluding carboxylic acids is 1. The van der Waals surface area contributed by atoms with E-state index in [1.807, 2.05) is 19.1 Å². The smallest absolute Gasteiger partial charge is 0.325 e. The third-order valence-electron chi connectivity index (χ3n) is 5.26. The molecule has 1 saturated heterocycles. The highest BCUT2D eigenvalue weighted by Crippen LogP contribution is 2.30. The number of nitrogens with zero attached hydrogens (tertiary/aromatic N) is 4. The summed E-state index contributed by atoms with van der Waals surface area (Å²) in [5, 5.41) is 5.96. The van der Waals surface area contributed by atoms with E-state index in [0.29, 0.717) is 10.0 Å². The van der Waals surface area contributed by atoms with E-state index in [0.717, 1.165) is 54.2 Å². The molecule has 1 aliphatic heterocycles. The number of benzene rings is 1. The molecule has 0 unspecified atom stereocenters. The minimum atomic E-state index is -3.60. The standard InChI is InChI=1S/C21H26N6O3S2/c1-15-6-7-17(18(12-15)27-9-4-3-5-10-27)24-19(28)25-20-23-13-16(31-20)14-32(29,30)21-22-8-11-26(21)2/h6-8,11-13H,3-5,9-10,14H2,1-2H3,(H2,23,24,25,28). The van der Waals surface area contributed by atoms with Crippen LogP contribution in [0.1, 0.15) is 29.7 Å². The Hall–Kier alpha value is -2.92. The monoisotopic (exact) mass is 474 g/mol. The van der Waals surface area contributed by atoms with Crippen molar-refractivity contribution in [3.8, 4) is 0 Å². The summed E-state index contributed by atoms with van der Waals surface area (Å²) in [5.74, 6) is -0.226. The summed E-state index contributed by atoms with van der Waals surface area (Å²) in [5.41, 5.74) is 2.89. The number of carbonyl (C=O) groups is 1. The Morgan fingerprint density at radius 3 is 2.66 bits per heavy atom. The molecule has 0 bridgehead atoms. The van der Waals surface area contributed by atoms with Gasteiger partial charge in [-0.3, -0.25) is 5.32 Å². The second-order valence-corrected chi connectivity index (χ2v) is 10.9. The third-order valence-corrected chi connectivity index (χ3v) is 8.00. The summed E-state index contributed by atoms with van der Waals surface area (Å²) < 4.78 is 26.6. The Labute approximate surface area is 191 Å². The van der Waals surface area contributed by atoms with Gasteiger partial charge in [-0.05, 0) is 43.9 Å². The number of sulfone groups is 1. The van der Waals surface area contributed by atoms with Gasteiger partial charge >= 0.3 is 6.03 Å². The third kappa shape index (κ3) is 5.10. The van der Waals surface area contributed by atoms with Crippen molar-refractivity contribution in [2.24, 2.45) is 7.05 Å². The number of anilines is 3. The van der Waals surface area contributed by atoms with Crippen LogP contribution < -0.4 is 15.5 Å². The van der Waals surface area contributed by atoms with Gasteiger partial charge in [0.05, 0.1) is 17.1 Å². The van der Waals surface area contributed by atoms with Crippen molar-refractivity contribution >= 4 is 43.7 Å². The van der Waals surface area contributed by atoms with Crippen LogP contribution >= 0.6 is 11.3 Å². The molecule has 2 aromatic heterocycles. The minimum Gasteiger partial charge on any atom is -0.370 e. The predicted octanol–water partition coefficient (Wildman–Crippen LogP) is 3.79. The fraction of sp³-hybridized carbons (Fsp3) is 0.381. The van der Waals surface area contributed by atoms with Crippen LogP contribution in [0.2, 0.25) is 0 Å². The van der Waals surface area contributed by atoms with E-state index >= 15 is 0 Å². The summed E-state index contributed by atoms with van der Waals surface area (Å²) in [6.07, 6.45) is 8.01. The fourth-order valence-electron chi connectivity index (χ4n) is 3.73. The van der Waals surface area contributed by atoms with Crippen LogP contribution in [0.15, 0.2) is 41.9 Å². The Bertz CT molecular complexity index is 1210. The molecular formula is C21H26N6O3S2. The second kappa shape index (κ2) is 9.29. The van der Waals surface area contributed by atoms with E-state index < -0.39 is 15.9 Å². The summed E-state index contributed by atoms with van der Waals surface area (Å²) in [7, 11) is -1.97. The Balaban J connectivity index is 1.43. The number of hydrogen-bond donors (Lipinski definition) is 2. The van der Waals surface area contributed by atoms with Crippen molar-refractivity contribution in [3.63, 3.8) is 0 Å². The highest BCUT2D eigenvalue weighted by molar-refractivity contribution is 7.90. The van der Waals surface area contributed by atoms with E-state index in [4.69, 9.17) is 0 Å². The lowest BCUT2D eigenvalue weighted by molar-refractivity contribution is 0.262. The summed E-state index contributed by atoms with van der Waals surface area (Å²) in [6.45, 7) is 3.98. The van der Waals surface area contributed by atoms with Crippen LogP contribution in [-0.4, -0.2) is 42.1 Å². The molecule has 0 aliphatic carbocycles. The largest absolute Gasteiger partial charge is 0.370 e. The number of aryl methyl sites for hydroxylation is 2. The molecule has 4 rings (SSSR count). The molecule has 32 heavy (non-hydrogen) atoms. The van der Waals surface area contributed by atoms with Crippen LogP contribution in [0.5, 0.6) is 0 Å². The van der Waals surface area contributed by atoms with E-state index in [2.05, 4.69) is 31.6 Å². The van der Waals surface area contributed by atoms with Gasteiger partial charge in [0.2, 0.25) is 15.0 Å². The van der Waals surface area contributed by atoms with Gasteiger partial charge in [-0.15, -0.1) is 11.3 Å². The molecule has 170 valence electrons. The molecule has 0 saturated carbocycles. The number of thiazole rings is 1. The maximum atomic E-state index is 12.6. The Kier molecular flexibility index (Phi) is 6.47. The first kappa shape index (κ1) is 22.3. The zero-order valence-electron chi connectivity index (χ0n) is 18.0. The van der Waals surface area contributed by atoms with Gasteiger partial charge in [0, 0.05) is 43.6 Å². The molecule has 3 heterocycles. The average molecular weight is 475 g/mol. The van der Waals surface area contributed by atoms with Crippen LogP contribution in [-0.2, 0) is 22.6 Å². The van der Waals surface area contributed by atoms with Crippen molar-refractivity contribution in [1.82, 2.24) is 14.5 Å². The van der Waals surface area contributed by atoms with Crippen molar-refractivity contribution in [2.45, 2.75) is 37.1 Å².